The molecule has 0 atom stereocenters. The standard InChI is InChI=1S/C4H4N2Se/c7-4-3-5-1-2-6-4/h1-3H,(H,6,7). The first kappa shape index (κ1) is 4.75. The molecule has 0 aromatic carbocycles. The van der Waals surface area contributed by atoms with E-state index in [2.05, 4.69) is 25.5 Å². The molecular weight excluding hydrogens is 155 g/mol. The Morgan fingerprint density at radius 2 is 2.57 bits per heavy atom. The van der Waals surface area contributed by atoms with E-state index in [9.17, 15) is 0 Å². The Labute approximate surface area is 49.0 Å². The summed E-state index contributed by atoms with van der Waals surface area (Å²) in [5, 5.41) is 0. The van der Waals surface area contributed by atoms with Crippen molar-refractivity contribution in [1.82, 2.24) is 9.97 Å². The SMILES string of the molecule is [Se]=c1cncc[nH]1. The molecule has 0 spiro atoms. The minimum atomic E-state index is 0.961. The number of aromatic amines is 1. The van der Waals surface area contributed by atoms with Gasteiger partial charge < -0.3 is 0 Å². The summed E-state index contributed by atoms with van der Waals surface area (Å²) in [6.07, 6.45) is 5.19. The molecule has 7 heavy (non-hydrogen) atoms. The Morgan fingerprint density at radius 3 is 2.86 bits per heavy atom. The van der Waals surface area contributed by atoms with Gasteiger partial charge in [-0.05, 0) is 0 Å². The summed E-state index contributed by atoms with van der Waals surface area (Å²) < 4.78 is 0.961. The van der Waals surface area contributed by atoms with Gasteiger partial charge in [-0.15, -0.1) is 0 Å². The summed E-state index contributed by atoms with van der Waals surface area (Å²) in [7, 11) is 0. The van der Waals surface area contributed by atoms with Gasteiger partial charge >= 0.3 is 48.3 Å². The van der Waals surface area contributed by atoms with Crippen LogP contribution in [-0.2, 0) is 0 Å². The predicted octanol–water partition coefficient (Wildman–Crippen LogP) is 0.110. The number of nitrogens with zero attached hydrogens (tertiary/aromatic N) is 1. The fourth-order valence-corrected chi connectivity index (χ4v) is 0.581. The molecule has 0 aliphatic carbocycles. The summed E-state index contributed by atoms with van der Waals surface area (Å²) in [6.45, 7) is 0. The third kappa shape index (κ3) is 1.26. The molecule has 0 aliphatic rings. The van der Waals surface area contributed by atoms with Crippen molar-refractivity contribution >= 4 is 15.6 Å². The molecule has 0 bridgehead atoms. The topological polar surface area (TPSA) is 28.7 Å². The Kier molecular flexibility index (Phi) is 1.39. The second-order valence-corrected chi connectivity index (χ2v) is 2.03. The Morgan fingerprint density at radius 1 is 1.71 bits per heavy atom. The van der Waals surface area contributed by atoms with Crippen molar-refractivity contribution in [2.24, 2.45) is 0 Å². The molecule has 1 heterocycles. The maximum atomic E-state index is 3.82. The fraction of sp³-hybridized carbons (Fsp3) is 0. The van der Waals surface area contributed by atoms with Gasteiger partial charge in [-0.25, -0.2) is 0 Å². The van der Waals surface area contributed by atoms with Gasteiger partial charge in [-0.2, -0.15) is 0 Å². The van der Waals surface area contributed by atoms with E-state index in [1.807, 2.05) is 0 Å². The fourth-order valence-electron chi connectivity index (χ4n) is 0.310. The number of rotatable bonds is 0. The first-order valence-corrected chi connectivity index (χ1v) is 2.74. The van der Waals surface area contributed by atoms with Crippen LogP contribution in [0.15, 0.2) is 18.6 Å². The molecule has 0 fully saturated rings. The predicted molar refractivity (Wildman–Crippen MR) is 27.6 cm³/mol. The van der Waals surface area contributed by atoms with Crippen LogP contribution in [0.3, 0.4) is 0 Å². The number of hydrogen-bond acceptors (Lipinski definition) is 1. The summed E-state index contributed by atoms with van der Waals surface area (Å²) in [4.78, 5) is 6.73. The third-order valence-electron chi connectivity index (χ3n) is 0.578. The van der Waals surface area contributed by atoms with Crippen LogP contribution < -0.4 is 0 Å². The van der Waals surface area contributed by atoms with Crippen molar-refractivity contribution in [2.45, 2.75) is 0 Å². The first-order valence-electron chi connectivity index (χ1n) is 1.88. The Hall–Kier alpha value is -0.401. The molecule has 0 unspecified atom stereocenters. The van der Waals surface area contributed by atoms with E-state index in [-0.39, 0.29) is 0 Å². The van der Waals surface area contributed by atoms with E-state index in [1.165, 1.54) is 0 Å². The molecule has 1 aromatic heterocycles. The van der Waals surface area contributed by atoms with E-state index in [1.54, 1.807) is 18.6 Å². The normalized spacial score (nSPS) is 8.57. The summed E-state index contributed by atoms with van der Waals surface area (Å²) in [5.74, 6) is 0. The van der Waals surface area contributed by atoms with Crippen LogP contribution in [0.5, 0.6) is 0 Å². The van der Waals surface area contributed by atoms with Crippen molar-refractivity contribution in [1.29, 1.82) is 0 Å². The van der Waals surface area contributed by atoms with Crippen LogP contribution in [0, 0.1) is 4.19 Å². The van der Waals surface area contributed by atoms with Gasteiger partial charge in [0.1, 0.15) is 0 Å². The minimum absolute atomic E-state index is 0.961. The van der Waals surface area contributed by atoms with E-state index < -0.39 is 0 Å². The zero-order valence-corrected chi connectivity index (χ0v) is 5.30. The molecule has 0 radical (unpaired) electrons. The monoisotopic (exact) mass is 160 g/mol. The summed E-state index contributed by atoms with van der Waals surface area (Å²) in [6, 6.07) is 0. The van der Waals surface area contributed by atoms with Crippen LogP contribution in [-0.4, -0.2) is 25.5 Å². The van der Waals surface area contributed by atoms with Gasteiger partial charge in [-0.1, -0.05) is 0 Å². The molecule has 0 saturated heterocycles. The Balaban J connectivity index is 3.28. The molecule has 1 aromatic rings. The number of aromatic nitrogens is 2. The molecule has 36 valence electrons. The van der Waals surface area contributed by atoms with Gasteiger partial charge in [0.05, 0.1) is 0 Å². The average molecular weight is 159 g/mol. The maximum absolute atomic E-state index is 3.82. The van der Waals surface area contributed by atoms with E-state index in [4.69, 9.17) is 0 Å². The average Bonchev–Trinajstić information content (AvgIpc) is 1.69. The molecular formula is C4H4N2Se. The van der Waals surface area contributed by atoms with Crippen molar-refractivity contribution in [2.75, 3.05) is 0 Å². The van der Waals surface area contributed by atoms with Gasteiger partial charge in [-0.3, -0.25) is 0 Å². The number of H-pyrrole nitrogens is 1. The zero-order chi connectivity index (χ0) is 5.11. The van der Waals surface area contributed by atoms with Crippen molar-refractivity contribution < 1.29 is 0 Å². The molecule has 1 rings (SSSR count). The van der Waals surface area contributed by atoms with Gasteiger partial charge in [0.15, 0.2) is 0 Å². The van der Waals surface area contributed by atoms with Crippen LogP contribution in [0.4, 0.5) is 0 Å². The van der Waals surface area contributed by atoms with Crippen LogP contribution in [0.25, 0.3) is 0 Å². The molecule has 0 aliphatic heterocycles. The van der Waals surface area contributed by atoms with E-state index >= 15 is 0 Å². The van der Waals surface area contributed by atoms with Gasteiger partial charge in [0.2, 0.25) is 0 Å². The molecule has 0 saturated carbocycles. The summed E-state index contributed by atoms with van der Waals surface area (Å²) >= 11 is 2.78. The summed E-state index contributed by atoms with van der Waals surface area (Å²) in [5.41, 5.74) is 0. The first-order chi connectivity index (χ1) is 3.39. The number of nitrogens with one attached hydrogen (secondary N) is 1. The van der Waals surface area contributed by atoms with Crippen LogP contribution in [0.1, 0.15) is 0 Å². The zero-order valence-electron chi connectivity index (χ0n) is 3.59. The van der Waals surface area contributed by atoms with Crippen molar-refractivity contribution in [3.63, 3.8) is 0 Å². The van der Waals surface area contributed by atoms with E-state index in [0.29, 0.717) is 0 Å². The van der Waals surface area contributed by atoms with E-state index in [0.717, 1.165) is 4.19 Å². The molecule has 3 heteroatoms. The second-order valence-electron chi connectivity index (χ2n) is 1.10. The molecule has 0 amide bonds. The quantitative estimate of drug-likeness (QED) is 0.534. The van der Waals surface area contributed by atoms with Crippen molar-refractivity contribution in [3.8, 4) is 0 Å². The van der Waals surface area contributed by atoms with Crippen LogP contribution >= 0.6 is 0 Å². The third-order valence-corrected chi connectivity index (χ3v) is 1.05. The van der Waals surface area contributed by atoms with Crippen molar-refractivity contribution in [3.05, 3.63) is 22.8 Å². The molecule has 1 N–H and O–H groups in total. The molecule has 2 nitrogen and oxygen atoms in total. The Bertz CT molecular complexity index is 175. The van der Waals surface area contributed by atoms with Gasteiger partial charge in [0, 0.05) is 0 Å². The number of hydrogen-bond donors (Lipinski definition) is 1. The van der Waals surface area contributed by atoms with Crippen LogP contribution in [0.2, 0.25) is 0 Å². The second kappa shape index (κ2) is 2.05. The van der Waals surface area contributed by atoms with Gasteiger partial charge in [0.25, 0.3) is 0 Å².